The Morgan fingerprint density at radius 1 is 1.33 bits per heavy atom. The molecule has 18 heavy (non-hydrogen) atoms. The number of rotatable bonds is 1. The molecule has 7 heteroatoms. The maximum Gasteiger partial charge on any atom is 0.294 e. The number of benzene rings is 1. The van der Waals surface area contributed by atoms with Crippen LogP contribution in [0.2, 0.25) is 0 Å². The van der Waals surface area contributed by atoms with E-state index in [4.69, 9.17) is 4.74 Å². The molecular formula is C11H14N4O3. The third kappa shape index (κ3) is 3.02. The molecule has 0 amide bonds. The van der Waals surface area contributed by atoms with E-state index in [2.05, 4.69) is 15.3 Å². The second kappa shape index (κ2) is 6.08. The van der Waals surface area contributed by atoms with Crippen molar-refractivity contribution in [3.8, 4) is 0 Å². The highest BCUT2D eigenvalue weighted by molar-refractivity contribution is 5.83. The van der Waals surface area contributed by atoms with E-state index in [1.165, 1.54) is 12.4 Å². The van der Waals surface area contributed by atoms with Gasteiger partial charge in [0.05, 0.1) is 30.0 Å². The Morgan fingerprint density at radius 2 is 2.11 bits per heavy atom. The summed E-state index contributed by atoms with van der Waals surface area (Å²) in [4.78, 5) is 16.7. The van der Waals surface area contributed by atoms with Crippen LogP contribution in [0.1, 0.15) is 0 Å². The number of para-hydroxylation sites is 1. The molecule has 1 aliphatic heterocycles. The van der Waals surface area contributed by atoms with Gasteiger partial charge in [-0.3, -0.25) is 10.1 Å². The van der Waals surface area contributed by atoms with Crippen LogP contribution in [0.15, 0.2) is 24.5 Å². The van der Waals surface area contributed by atoms with Crippen LogP contribution in [0.5, 0.6) is 0 Å². The molecule has 0 saturated carbocycles. The normalized spacial score (nSPS) is 14.9. The van der Waals surface area contributed by atoms with E-state index in [1.807, 2.05) is 0 Å². The van der Waals surface area contributed by atoms with E-state index in [9.17, 15) is 10.1 Å². The average molecular weight is 250 g/mol. The molecule has 1 aromatic carbocycles. The second-order valence-corrected chi connectivity index (χ2v) is 3.69. The predicted octanol–water partition coefficient (Wildman–Crippen LogP) is 1.08. The summed E-state index contributed by atoms with van der Waals surface area (Å²) in [7, 11) is 0. The summed E-state index contributed by atoms with van der Waals surface area (Å²) in [5.74, 6) is 0. The molecular weight excluding hydrogens is 236 g/mol. The van der Waals surface area contributed by atoms with Crippen LogP contribution in [0.4, 0.5) is 5.69 Å². The first-order valence-corrected chi connectivity index (χ1v) is 5.64. The Bertz CT molecular complexity index is 510. The number of nitrogens with one attached hydrogen (secondary N) is 2. The summed E-state index contributed by atoms with van der Waals surface area (Å²) >= 11 is 0. The van der Waals surface area contributed by atoms with Crippen LogP contribution < -0.4 is 5.32 Å². The first-order chi connectivity index (χ1) is 8.79. The van der Waals surface area contributed by atoms with Crippen molar-refractivity contribution in [3.63, 3.8) is 0 Å². The summed E-state index contributed by atoms with van der Waals surface area (Å²) in [6.07, 6.45) is 1.44. The fourth-order valence-electron chi connectivity index (χ4n) is 1.62. The molecule has 0 unspecified atom stereocenters. The SMILES string of the molecule is C1COCCN1.O=[N+]([O-])c1cccc2nc[nH]c12. The molecule has 7 nitrogen and oxygen atoms in total. The fourth-order valence-corrected chi connectivity index (χ4v) is 1.62. The summed E-state index contributed by atoms with van der Waals surface area (Å²) in [6, 6.07) is 4.78. The number of aromatic nitrogens is 2. The zero-order valence-corrected chi connectivity index (χ0v) is 9.76. The van der Waals surface area contributed by atoms with Gasteiger partial charge in [0, 0.05) is 19.2 Å². The van der Waals surface area contributed by atoms with Crippen molar-refractivity contribution in [2.24, 2.45) is 0 Å². The maximum atomic E-state index is 10.5. The number of aromatic amines is 1. The second-order valence-electron chi connectivity index (χ2n) is 3.69. The Balaban J connectivity index is 0.000000169. The van der Waals surface area contributed by atoms with Gasteiger partial charge in [0.15, 0.2) is 0 Å². The van der Waals surface area contributed by atoms with Crippen molar-refractivity contribution in [2.45, 2.75) is 0 Å². The van der Waals surface area contributed by atoms with Crippen molar-refractivity contribution < 1.29 is 9.66 Å². The lowest BCUT2D eigenvalue weighted by molar-refractivity contribution is -0.383. The van der Waals surface area contributed by atoms with Crippen LogP contribution in [0.25, 0.3) is 11.0 Å². The van der Waals surface area contributed by atoms with Crippen LogP contribution in [0.3, 0.4) is 0 Å². The maximum absolute atomic E-state index is 10.5. The molecule has 96 valence electrons. The zero-order valence-electron chi connectivity index (χ0n) is 9.76. The number of morpholine rings is 1. The van der Waals surface area contributed by atoms with Crippen molar-refractivity contribution in [1.29, 1.82) is 0 Å². The van der Waals surface area contributed by atoms with Crippen LogP contribution in [0, 0.1) is 10.1 Å². The molecule has 2 heterocycles. The number of hydrogen-bond donors (Lipinski definition) is 2. The van der Waals surface area contributed by atoms with Gasteiger partial charge in [-0.15, -0.1) is 0 Å². The fraction of sp³-hybridized carbons (Fsp3) is 0.364. The minimum absolute atomic E-state index is 0.0602. The van der Waals surface area contributed by atoms with Gasteiger partial charge in [-0.25, -0.2) is 4.98 Å². The summed E-state index contributed by atoms with van der Waals surface area (Å²) in [5.41, 5.74) is 1.15. The number of nitro benzene ring substituents is 1. The van der Waals surface area contributed by atoms with Crippen molar-refractivity contribution >= 4 is 16.7 Å². The van der Waals surface area contributed by atoms with Gasteiger partial charge in [0.25, 0.3) is 5.69 Å². The standard InChI is InChI=1S/C7H5N3O2.C4H9NO/c11-10(12)6-3-1-2-5-7(6)9-4-8-5;1-3-6-4-2-5-1/h1-4H,(H,8,9);5H,1-4H2. The molecule has 0 atom stereocenters. The van der Waals surface area contributed by atoms with Gasteiger partial charge in [0.2, 0.25) is 0 Å². The van der Waals surface area contributed by atoms with Crippen molar-refractivity contribution in [3.05, 3.63) is 34.6 Å². The number of non-ortho nitro benzene ring substituents is 1. The third-order valence-corrected chi connectivity index (χ3v) is 2.48. The van der Waals surface area contributed by atoms with Gasteiger partial charge < -0.3 is 15.0 Å². The van der Waals surface area contributed by atoms with Crippen molar-refractivity contribution in [1.82, 2.24) is 15.3 Å². The van der Waals surface area contributed by atoms with Gasteiger partial charge in [-0.1, -0.05) is 6.07 Å². The third-order valence-electron chi connectivity index (χ3n) is 2.48. The Hall–Kier alpha value is -1.99. The monoisotopic (exact) mass is 250 g/mol. The minimum atomic E-state index is -0.430. The largest absolute Gasteiger partial charge is 0.379 e. The highest BCUT2D eigenvalue weighted by Crippen LogP contribution is 2.21. The molecule has 3 rings (SSSR count). The van der Waals surface area contributed by atoms with Crippen LogP contribution >= 0.6 is 0 Å². The molecule has 2 N–H and O–H groups in total. The molecule has 0 radical (unpaired) electrons. The van der Waals surface area contributed by atoms with E-state index in [1.54, 1.807) is 12.1 Å². The molecule has 2 aromatic rings. The average Bonchev–Trinajstić information content (AvgIpc) is 2.89. The lowest BCUT2D eigenvalue weighted by atomic mass is 10.3. The van der Waals surface area contributed by atoms with E-state index in [0.29, 0.717) is 11.0 Å². The lowest BCUT2D eigenvalue weighted by Crippen LogP contribution is -2.30. The number of fused-ring (bicyclic) bond motifs is 1. The predicted molar refractivity (Wildman–Crippen MR) is 66.4 cm³/mol. The molecule has 1 aromatic heterocycles. The minimum Gasteiger partial charge on any atom is -0.379 e. The van der Waals surface area contributed by atoms with E-state index in [0.717, 1.165) is 26.3 Å². The summed E-state index contributed by atoms with van der Waals surface area (Å²) < 4.78 is 5.01. The van der Waals surface area contributed by atoms with Crippen LogP contribution in [-0.4, -0.2) is 41.2 Å². The van der Waals surface area contributed by atoms with Gasteiger partial charge in [-0.05, 0) is 6.07 Å². The topological polar surface area (TPSA) is 93.1 Å². The molecule has 1 saturated heterocycles. The molecule has 0 aliphatic carbocycles. The Morgan fingerprint density at radius 3 is 2.67 bits per heavy atom. The quantitative estimate of drug-likeness (QED) is 0.583. The smallest absolute Gasteiger partial charge is 0.294 e. The summed E-state index contributed by atoms with van der Waals surface area (Å²) in [6.45, 7) is 3.83. The first kappa shape index (κ1) is 12.5. The number of ether oxygens (including phenoxy) is 1. The Labute approximate surface area is 103 Å². The first-order valence-electron chi connectivity index (χ1n) is 5.64. The highest BCUT2D eigenvalue weighted by atomic mass is 16.6. The number of nitrogens with zero attached hydrogens (tertiary/aromatic N) is 2. The van der Waals surface area contributed by atoms with E-state index >= 15 is 0 Å². The van der Waals surface area contributed by atoms with E-state index in [-0.39, 0.29) is 5.69 Å². The number of hydrogen-bond acceptors (Lipinski definition) is 5. The number of H-pyrrole nitrogens is 1. The molecule has 0 bridgehead atoms. The van der Waals surface area contributed by atoms with Crippen molar-refractivity contribution in [2.75, 3.05) is 26.3 Å². The number of nitro groups is 1. The zero-order chi connectivity index (χ0) is 12.8. The van der Waals surface area contributed by atoms with Gasteiger partial charge in [-0.2, -0.15) is 0 Å². The van der Waals surface area contributed by atoms with Crippen LogP contribution in [-0.2, 0) is 4.74 Å². The number of imidazole rings is 1. The van der Waals surface area contributed by atoms with Gasteiger partial charge in [0.1, 0.15) is 5.52 Å². The molecule has 1 fully saturated rings. The van der Waals surface area contributed by atoms with E-state index < -0.39 is 4.92 Å². The molecule has 1 aliphatic rings. The Kier molecular flexibility index (Phi) is 4.21. The lowest BCUT2D eigenvalue weighted by Gasteiger charge is -2.10. The summed E-state index contributed by atoms with van der Waals surface area (Å²) in [5, 5.41) is 13.6. The highest BCUT2D eigenvalue weighted by Gasteiger charge is 2.11. The molecule has 0 spiro atoms. The van der Waals surface area contributed by atoms with Gasteiger partial charge >= 0.3 is 0 Å².